The first-order valence-electron chi connectivity index (χ1n) is 10.1. The van der Waals surface area contributed by atoms with Crippen molar-refractivity contribution < 1.29 is 9.59 Å². The normalized spacial score (nSPS) is 15.6. The van der Waals surface area contributed by atoms with Crippen LogP contribution in [-0.2, 0) is 17.6 Å². The number of benzene rings is 1. The fourth-order valence-electron chi connectivity index (χ4n) is 3.94. The van der Waals surface area contributed by atoms with Crippen LogP contribution in [0.25, 0.3) is 15.9 Å². The van der Waals surface area contributed by atoms with Crippen molar-refractivity contribution >= 4 is 45.3 Å². The number of rotatable bonds is 4. The number of aromatic nitrogens is 2. The Morgan fingerprint density at radius 1 is 1.35 bits per heavy atom. The van der Waals surface area contributed by atoms with Crippen molar-refractivity contribution in [2.45, 2.75) is 45.2 Å². The second-order valence-electron chi connectivity index (χ2n) is 8.06. The van der Waals surface area contributed by atoms with Crippen LogP contribution in [0.1, 0.15) is 34.9 Å². The van der Waals surface area contributed by atoms with Crippen LogP contribution in [0.3, 0.4) is 0 Å². The summed E-state index contributed by atoms with van der Waals surface area (Å²) in [6.07, 6.45) is 2.90. The molecule has 3 aromatic rings. The third-order valence-corrected chi connectivity index (χ3v) is 7.59. The highest BCUT2D eigenvalue weighted by Crippen LogP contribution is 2.37. The van der Waals surface area contributed by atoms with Gasteiger partial charge in [-0.05, 0) is 61.8 Å². The van der Waals surface area contributed by atoms with Gasteiger partial charge in [0.2, 0.25) is 5.91 Å². The molecular weight excluding hydrogens is 432 g/mol. The molecular formula is C22H24N4O3S2. The number of thioether (sulfide) groups is 1. The molecule has 0 radical (unpaired) electrons. The SMILES string of the molecule is Cc1ccc(C)c(-n2c(SCC(=O)NC(N)=O)nc3sc4c(c3c2=O)CC[C@@H](C)C4)c1. The number of amides is 3. The van der Waals surface area contributed by atoms with E-state index in [0.717, 1.165) is 53.4 Å². The van der Waals surface area contributed by atoms with E-state index in [2.05, 4.69) is 12.2 Å². The molecule has 1 aromatic carbocycles. The lowest BCUT2D eigenvalue weighted by Gasteiger charge is -2.18. The van der Waals surface area contributed by atoms with Crippen LogP contribution in [0, 0.1) is 19.8 Å². The molecule has 0 saturated carbocycles. The summed E-state index contributed by atoms with van der Waals surface area (Å²) in [6, 6.07) is 5.02. The topological polar surface area (TPSA) is 107 Å². The molecule has 7 nitrogen and oxygen atoms in total. The van der Waals surface area contributed by atoms with Crippen molar-refractivity contribution in [3.63, 3.8) is 0 Å². The Balaban J connectivity index is 1.90. The summed E-state index contributed by atoms with van der Waals surface area (Å²) >= 11 is 2.70. The first-order valence-corrected chi connectivity index (χ1v) is 11.9. The minimum absolute atomic E-state index is 0.0755. The molecule has 4 rings (SSSR count). The molecule has 2 heterocycles. The molecule has 3 N–H and O–H groups in total. The highest BCUT2D eigenvalue weighted by molar-refractivity contribution is 7.99. The van der Waals surface area contributed by atoms with E-state index in [1.807, 2.05) is 32.0 Å². The van der Waals surface area contributed by atoms with Crippen LogP contribution in [-0.4, -0.2) is 27.2 Å². The zero-order chi connectivity index (χ0) is 22.3. The number of hydrogen-bond acceptors (Lipinski definition) is 6. The summed E-state index contributed by atoms with van der Waals surface area (Å²) < 4.78 is 1.61. The highest BCUT2D eigenvalue weighted by atomic mass is 32.2. The summed E-state index contributed by atoms with van der Waals surface area (Å²) in [6.45, 7) is 6.15. The summed E-state index contributed by atoms with van der Waals surface area (Å²) in [5.41, 5.74) is 8.77. The van der Waals surface area contributed by atoms with Gasteiger partial charge in [-0.3, -0.25) is 19.5 Å². The van der Waals surface area contributed by atoms with Crippen LogP contribution >= 0.6 is 23.1 Å². The van der Waals surface area contributed by atoms with Gasteiger partial charge in [-0.2, -0.15) is 0 Å². The number of carbonyl (C=O) groups is 2. The average Bonchev–Trinajstić information content (AvgIpc) is 3.05. The van der Waals surface area contributed by atoms with Gasteiger partial charge in [0.25, 0.3) is 5.56 Å². The molecule has 0 aliphatic heterocycles. The molecule has 0 spiro atoms. The molecule has 0 saturated heterocycles. The maximum Gasteiger partial charge on any atom is 0.318 e. The van der Waals surface area contributed by atoms with Gasteiger partial charge in [0.05, 0.1) is 16.8 Å². The maximum atomic E-state index is 13.8. The van der Waals surface area contributed by atoms with Gasteiger partial charge in [0.15, 0.2) is 5.16 Å². The predicted molar refractivity (Wildman–Crippen MR) is 124 cm³/mol. The summed E-state index contributed by atoms with van der Waals surface area (Å²) in [5.74, 6) is -0.0137. The average molecular weight is 457 g/mol. The van der Waals surface area contributed by atoms with E-state index in [0.29, 0.717) is 21.3 Å². The second-order valence-corrected chi connectivity index (χ2v) is 10.1. The Bertz CT molecular complexity index is 1260. The third-order valence-electron chi connectivity index (χ3n) is 5.50. The molecule has 3 amide bonds. The van der Waals surface area contributed by atoms with Gasteiger partial charge in [-0.15, -0.1) is 11.3 Å². The first-order chi connectivity index (χ1) is 14.7. The number of carbonyl (C=O) groups excluding carboxylic acids is 2. The van der Waals surface area contributed by atoms with Crippen LogP contribution < -0.4 is 16.6 Å². The van der Waals surface area contributed by atoms with Crippen molar-refractivity contribution in [2.24, 2.45) is 11.7 Å². The van der Waals surface area contributed by atoms with Gasteiger partial charge in [-0.25, -0.2) is 9.78 Å². The fourth-order valence-corrected chi connectivity index (χ4v) is 6.17. The van der Waals surface area contributed by atoms with Crippen molar-refractivity contribution in [2.75, 3.05) is 5.75 Å². The van der Waals surface area contributed by atoms with Gasteiger partial charge in [0, 0.05) is 4.88 Å². The van der Waals surface area contributed by atoms with Gasteiger partial charge in [-0.1, -0.05) is 30.8 Å². The molecule has 2 aromatic heterocycles. The summed E-state index contributed by atoms with van der Waals surface area (Å²) in [5, 5.41) is 3.18. The summed E-state index contributed by atoms with van der Waals surface area (Å²) in [7, 11) is 0. The van der Waals surface area contributed by atoms with Crippen molar-refractivity contribution in [1.29, 1.82) is 0 Å². The van der Waals surface area contributed by atoms with E-state index >= 15 is 0 Å². The Morgan fingerprint density at radius 3 is 2.87 bits per heavy atom. The molecule has 162 valence electrons. The van der Waals surface area contributed by atoms with Crippen LogP contribution in [0.5, 0.6) is 0 Å². The number of fused-ring (bicyclic) bond motifs is 3. The molecule has 31 heavy (non-hydrogen) atoms. The molecule has 1 aliphatic rings. The lowest BCUT2D eigenvalue weighted by atomic mass is 9.89. The van der Waals surface area contributed by atoms with E-state index in [9.17, 15) is 14.4 Å². The number of nitrogens with one attached hydrogen (secondary N) is 1. The van der Waals surface area contributed by atoms with E-state index in [-0.39, 0.29) is 11.3 Å². The Kier molecular flexibility index (Phi) is 5.90. The van der Waals surface area contributed by atoms with Crippen LogP contribution in [0.15, 0.2) is 28.2 Å². The minimum Gasteiger partial charge on any atom is -0.351 e. The molecule has 9 heteroatoms. The molecule has 1 aliphatic carbocycles. The van der Waals surface area contributed by atoms with Crippen LogP contribution in [0.4, 0.5) is 4.79 Å². The molecule has 1 atom stereocenters. The number of nitrogens with two attached hydrogens (primary N) is 1. The largest absolute Gasteiger partial charge is 0.351 e. The van der Waals surface area contributed by atoms with Crippen molar-refractivity contribution in [3.8, 4) is 5.69 Å². The lowest BCUT2D eigenvalue weighted by Crippen LogP contribution is -2.36. The van der Waals surface area contributed by atoms with Gasteiger partial charge < -0.3 is 5.73 Å². The predicted octanol–water partition coefficient (Wildman–Crippen LogP) is 3.48. The van der Waals surface area contributed by atoms with Crippen LogP contribution in [0.2, 0.25) is 0 Å². The number of thiophene rings is 1. The summed E-state index contributed by atoms with van der Waals surface area (Å²) in [4.78, 5) is 43.5. The second kappa shape index (κ2) is 8.47. The number of imide groups is 1. The van der Waals surface area contributed by atoms with E-state index in [1.54, 1.807) is 15.9 Å². The van der Waals surface area contributed by atoms with Crippen molar-refractivity contribution in [3.05, 3.63) is 50.1 Å². The van der Waals surface area contributed by atoms with Gasteiger partial charge in [0.1, 0.15) is 4.83 Å². The highest BCUT2D eigenvalue weighted by Gasteiger charge is 2.25. The van der Waals surface area contributed by atoms with E-state index in [4.69, 9.17) is 10.7 Å². The van der Waals surface area contributed by atoms with E-state index < -0.39 is 11.9 Å². The molecule has 0 unspecified atom stereocenters. The molecule has 0 bridgehead atoms. The molecule has 0 fully saturated rings. The minimum atomic E-state index is -0.902. The van der Waals surface area contributed by atoms with Gasteiger partial charge >= 0.3 is 6.03 Å². The fraction of sp³-hybridized carbons (Fsp3) is 0.364. The third kappa shape index (κ3) is 4.24. The first kappa shape index (κ1) is 21.6. The number of hydrogen-bond donors (Lipinski definition) is 2. The smallest absolute Gasteiger partial charge is 0.318 e. The van der Waals surface area contributed by atoms with Crippen molar-refractivity contribution in [1.82, 2.24) is 14.9 Å². The monoisotopic (exact) mass is 456 g/mol. The quantitative estimate of drug-likeness (QED) is 0.462. The zero-order valence-electron chi connectivity index (χ0n) is 17.7. The number of aryl methyl sites for hydroxylation is 3. The standard InChI is InChI=1S/C22H24N4O3S2/c1-11-4-6-13(3)15(8-11)26-20(28)18-14-7-5-12(2)9-16(14)31-19(18)25-22(26)30-10-17(27)24-21(23)29/h4,6,8,12H,5,7,9-10H2,1-3H3,(H3,23,24,27,29)/t12-/m1/s1. The number of nitrogens with zero attached hydrogens (tertiary/aromatic N) is 2. The maximum absolute atomic E-state index is 13.8. The zero-order valence-corrected chi connectivity index (χ0v) is 19.3. The number of urea groups is 1. The number of primary amides is 1. The Hall–Kier alpha value is -2.65. The lowest BCUT2D eigenvalue weighted by molar-refractivity contribution is -0.117. The van der Waals surface area contributed by atoms with E-state index in [1.165, 1.54) is 4.88 Å². The Morgan fingerprint density at radius 2 is 2.13 bits per heavy atom. The Labute approximate surface area is 188 Å².